The Balaban J connectivity index is 2.41. The first-order chi connectivity index (χ1) is 8.72. The minimum atomic E-state index is -0.0564. The fourth-order valence-corrected chi connectivity index (χ4v) is 1.75. The van der Waals surface area contributed by atoms with E-state index in [9.17, 15) is 4.79 Å². The molecule has 0 bridgehead atoms. The molecule has 0 saturated carbocycles. The Labute approximate surface area is 106 Å². The van der Waals surface area contributed by atoms with Gasteiger partial charge in [-0.05, 0) is 19.1 Å². The minimum Gasteiger partial charge on any atom is -0.493 e. The van der Waals surface area contributed by atoms with Gasteiger partial charge in [0.15, 0.2) is 5.78 Å². The number of nitrogens with two attached hydrogens (primary N) is 1. The molecule has 2 rings (SSSR count). The van der Waals surface area contributed by atoms with Gasteiger partial charge in [0.25, 0.3) is 0 Å². The van der Waals surface area contributed by atoms with Crippen molar-refractivity contribution in [2.45, 2.75) is 6.92 Å². The first kappa shape index (κ1) is 12.2. The van der Waals surface area contributed by atoms with Crippen molar-refractivity contribution in [1.82, 2.24) is 0 Å². The number of ether oxygens (including phenoxy) is 1. The van der Waals surface area contributed by atoms with Gasteiger partial charge in [-0.1, -0.05) is 30.3 Å². The lowest BCUT2D eigenvalue weighted by Crippen LogP contribution is -2.06. The molecule has 2 aromatic rings. The highest BCUT2D eigenvalue weighted by Gasteiger charge is 2.14. The average Bonchev–Trinajstić information content (AvgIpc) is 2.40. The van der Waals surface area contributed by atoms with E-state index in [2.05, 4.69) is 0 Å². The van der Waals surface area contributed by atoms with Crippen LogP contribution in [0.25, 0.3) is 0 Å². The highest BCUT2D eigenvalue weighted by Crippen LogP contribution is 2.24. The fourth-order valence-electron chi connectivity index (χ4n) is 1.75. The smallest absolute Gasteiger partial charge is 0.196 e. The Bertz CT molecular complexity index is 550. The number of anilines is 1. The largest absolute Gasteiger partial charge is 0.493 e. The number of hydrogen-bond donors (Lipinski definition) is 1. The van der Waals surface area contributed by atoms with E-state index >= 15 is 0 Å². The normalized spacial score (nSPS) is 10.1. The monoisotopic (exact) mass is 241 g/mol. The summed E-state index contributed by atoms with van der Waals surface area (Å²) >= 11 is 0. The van der Waals surface area contributed by atoms with E-state index in [0.717, 1.165) is 0 Å². The molecule has 0 radical (unpaired) electrons. The van der Waals surface area contributed by atoms with Crippen LogP contribution in [0.2, 0.25) is 0 Å². The summed E-state index contributed by atoms with van der Waals surface area (Å²) in [7, 11) is 0. The van der Waals surface area contributed by atoms with E-state index in [1.165, 1.54) is 0 Å². The zero-order valence-electron chi connectivity index (χ0n) is 10.2. The summed E-state index contributed by atoms with van der Waals surface area (Å²) in [5.41, 5.74) is 7.47. The molecule has 0 fully saturated rings. The number of carbonyl (C=O) groups excluding carboxylic acids is 1. The molecule has 0 spiro atoms. The standard InChI is InChI=1S/C15H15NO2/c1-2-18-14-10-12(16)8-9-13(14)15(17)11-6-4-3-5-7-11/h3-10H,2,16H2,1H3. The summed E-state index contributed by atoms with van der Waals surface area (Å²) in [4.78, 5) is 12.3. The Kier molecular flexibility index (Phi) is 3.63. The van der Waals surface area contributed by atoms with Gasteiger partial charge < -0.3 is 10.5 Å². The Morgan fingerprint density at radius 1 is 1.17 bits per heavy atom. The zero-order valence-corrected chi connectivity index (χ0v) is 10.2. The fraction of sp³-hybridized carbons (Fsp3) is 0.133. The lowest BCUT2D eigenvalue weighted by molar-refractivity contribution is 0.103. The van der Waals surface area contributed by atoms with Crippen LogP contribution in [0.5, 0.6) is 5.75 Å². The predicted molar refractivity (Wildman–Crippen MR) is 71.9 cm³/mol. The van der Waals surface area contributed by atoms with Crippen molar-refractivity contribution in [3.05, 3.63) is 59.7 Å². The van der Waals surface area contributed by atoms with Gasteiger partial charge in [-0.2, -0.15) is 0 Å². The molecule has 0 aromatic heterocycles. The van der Waals surface area contributed by atoms with E-state index < -0.39 is 0 Å². The van der Waals surface area contributed by atoms with E-state index in [1.54, 1.807) is 30.3 Å². The van der Waals surface area contributed by atoms with Crippen LogP contribution in [0.4, 0.5) is 5.69 Å². The predicted octanol–water partition coefficient (Wildman–Crippen LogP) is 2.90. The molecule has 18 heavy (non-hydrogen) atoms. The first-order valence-electron chi connectivity index (χ1n) is 5.84. The number of hydrogen-bond acceptors (Lipinski definition) is 3. The van der Waals surface area contributed by atoms with E-state index in [1.807, 2.05) is 25.1 Å². The molecule has 0 atom stereocenters. The summed E-state index contributed by atoms with van der Waals surface area (Å²) in [6.07, 6.45) is 0. The van der Waals surface area contributed by atoms with Crippen molar-refractivity contribution in [1.29, 1.82) is 0 Å². The highest BCUT2D eigenvalue weighted by atomic mass is 16.5. The Hall–Kier alpha value is -2.29. The van der Waals surface area contributed by atoms with Crippen molar-refractivity contribution >= 4 is 11.5 Å². The molecule has 3 nitrogen and oxygen atoms in total. The third kappa shape index (κ3) is 2.51. The molecule has 0 aliphatic carbocycles. The molecular weight excluding hydrogens is 226 g/mol. The van der Waals surface area contributed by atoms with Crippen LogP contribution in [0, 0.1) is 0 Å². The average molecular weight is 241 g/mol. The lowest BCUT2D eigenvalue weighted by atomic mass is 10.0. The first-order valence-corrected chi connectivity index (χ1v) is 5.84. The molecule has 2 N–H and O–H groups in total. The lowest BCUT2D eigenvalue weighted by Gasteiger charge is -2.10. The molecule has 0 amide bonds. The second kappa shape index (κ2) is 5.36. The van der Waals surface area contributed by atoms with Gasteiger partial charge in [0.1, 0.15) is 5.75 Å². The molecule has 0 unspecified atom stereocenters. The Morgan fingerprint density at radius 2 is 1.89 bits per heavy atom. The molecule has 0 aliphatic rings. The molecule has 2 aromatic carbocycles. The van der Waals surface area contributed by atoms with Crippen molar-refractivity contribution in [3.8, 4) is 5.75 Å². The SMILES string of the molecule is CCOc1cc(N)ccc1C(=O)c1ccccc1. The maximum Gasteiger partial charge on any atom is 0.196 e. The Morgan fingerprint density at radius 3 is 2.56 bits per heavy atom. The highest BCUT2D eigenvalue weighted by molar-refractivity contribution is 6.10. The van der Waals surface area contributed by atoms with Crippen LogP contribution in [0.3, 0.4) is 0 Å². The summed E-state index contributed by atoms with van der Waals surface area (Å²) in [6.45, 7) is 2.37. The van der Waals surface area contributed by atoms with Crippen LogP contribution in [-0.2, 0) is 0 Å². The van der Waals surface area contributed by atoms with Crippen LogP contribution >= 0.6 is 0 Å². The number of benzene rings is 2. The van der Waals surface area contributed by atoms with Crippen LogP contribution < -0.4 is 10.5 Å². The van der Waals surface area contributed by atoms with E-state index in [-0.39, 0.29) is 5.78 Å². The summed E-state index contributed by atoms with van der Waals surface area (Å²) in [5, 5.41) is 0. The van der Waals surface area contributed by atoms with Crippen LogP contribution in [-0.4, -0.2) is 12.4 Å². The van der Waals surface area contributed by atoms with Crippen molar-refractivity contribution < 1.29 is 9.53 Å². The zero-order chi connectivity index (χ0) is 13.0. The minimum absolute atomic E-state index is 0.0564. The topological polar surface area (TPSA) is 52.3 Å². The van der Waals surface area contributed by atoms with E-state index in [0.29, 0.717) is 29.2 Å². The molecule has 0 saturated heterocycles. The molecule has 0 aliphatic heterocycles. The number of rotatable bonds is 4. The van der Waals surface area contributed by atoms with Crippen molar-refractivity contribution in [2.24, 2.45) is 0 Å². The maximum atomic E-state index is 12.3. The van der Waals surface area contributed by atoms with E-state index in [4.69, 9.17) is 10.5 Å². The number of ketones is 1. The van der Waals surface area contributed by atoms with Crippen molar-refractivity contribution in [3.63, 3.8) is 0 Å². The summed E-state index contributed by atoms with van der Waals surface area (Å²) in [6, 6.07) is 14.2. The van der Waals surface area contributed by atoms with Gasteiger partial charge in [0.2, 0.25) is 0 Å². The third-order valence-corrected chi connectivity index (χ3v) is 2.59. The summed E-state index contributed by atoms with van der Waals surface area (Å²) < 4.78 is 5.46. The number of carbonyl (C=O) groups is 1. The van der Waals surface area contributed by atoms with Crippen LogP contribution in [0.1, 0.15) is 22.8 Å². The van der Waals surface area contributed by atoms with Crippen LogP contribution in [0.15, 0.2) is 48.5 Å². The molecule has 3 heteroatoms. The van der Waals surface area contributed by atoms with Gasteiger partial charge in [-0.25, -0.2) is 0 Å². The van der Waals surface area contributed by atoms with Gasteiger partial charge in [0, 0.05) is 17.3 Å². The van der Waals surface area contributed by atoms with Gasteiger partial charge in [-0.3, -0.25) is 4.79 Å². The quantitative estimate of drug-likeness (QED) is 0.661. The third-order valence-electron chi connectivity index (χ3n) is 2.59. The van der Waals surface area contributed by atoms with Crippen molar-refractivity contribution in [2.75, 3.05) is 12.3 Å². The second-order valence-electron chi connectivity index (χ2n) is 3.88. The maximum absolute atomic E-state index is 12.3. The number of nitrogen functional groups attached to an aromatic ring is 1. The molecule has 92 valence electrons. The molecular formula is C15H15NO2. The molecule has 0 heterocycles. The second-order valence-corrected chi connectivity index (χ2v) is 3.88. The van der Waals surface area contributed by atoms with Gasteiger partial charge in [0.05, 0.1) is 12.2 Å². The van der Waals surface area contributed by atoms with Gasteiger partial charge in [-0.15, -0.1) is 0 Å². The van der Waals surface area contributed by atoms with Gasteiger partial charge >= 0.3 is 0 Å². The summed E-state index contributed by atoms with van der Waals surface area (Å²) in [5.74, 6) is 0.477.